The van der Waals surface area contributed by atoms with Gasteiger partial charge in [0, 0.05) is 11.1 Å². The fourth-order valence-corrected chi connectivity index (χ4v) is 3.88. The molecule has 0 saturated heterocycles. The first kappa shape index (κ1) is 15.7. The first-order chi connectivity index (χ1) is 9.17. The van der Waals surface area contributed by atoms with Gasteiger partial charge in [-0.3, -0.25) is 0 Å². The molecular formula is C13H17ClFNO3S. The number of benzene rings is 1. The molecule has 20 heavy (non-hydrogen) atoms. The minimum Gasteiger partial charge on any atom is -0.392 e. The molecule has 1 aromatic carbocycles. The molecule has 112 valence electrons. The number of sulfonamides is 1. The molecule has 0 unspecified atom stereocenters. The van der Waals surface area contributed by atoms with Gasteiger partial charge in [-0.1, -0.05) is 11.6 Å². The molecule has 2 N–H and O–H groups in total. The van der Waals surface area contributed by atoms with Crippen molar-refractivity contribution in [3.63, 3.8) is 0 Å². The third-order valence-electron chi connectivity index (χ3n) is 3.55. The summed E-state index contributed by atoms with van der Waals surface area (Å²) in [5.41, 5.74) is -0.523. The number of hydrogen-bond acceptors (Lipinski definition) is 3. The lowest BCUT2D eigenvalue weighted by atomic mass is 10.0. The zero-order valence-corrected chi connectivity index (χ0v) is 12.9. The normalized spacial score (nSPS) is 16.4. The number of nitrogens with one attached hydrogen (secondary N) is 1. The van der Waals surface area contributed by atoms with Crippen molar-refractivity contribution in [1.82, 2.24) is 4.72 Å². The Hall–Kier alpha value is -0.690. The molecule has 0 atom stereocenters. The summed E-state index contributed by atoms with van der Waals surface area (Å²) >= 11 is 5.66. The summed E-state index contributed by atoms with van der Waals surface area (Å²) in [6.45, 7) is 3.09. The molecule has 4 nitrogen and oxygen atoms in total. The van der Waals surface area contributed by atoms with Crippen LogP contribution in [0.2, 0.25) is 5.02 Å². The van der Waals surface area contributed by atoms with E-state index in [1.165, 1.54) is 6.07 Å². The molecular weight excluding hydrogens is 305 g/mol. The van der Waals surface area contributed by atoms with Crippen LogP contribution in [0.5, 0.6) is 0 Å². The Labute approximate surface area is 123 Å². The van der Waals surface area contributed by atoms with Gasteiger partial charge in [-0.2, -0.15) is 0 Å². The number of aliphatic hydroxyl groups excluding tert-OH is 1. The molecule has 0 amide bonds. The fraction of sp³-hybridized carbons (Fsp3) is 0.538. The summed E-state index contributed by atoms with van der Waals surface area (Å²) in [5.74, 6) is -0.561. The highest BCUT2D eigenvalue weighted by molar-refractivity contribution is 7.89. The molecule has 1 aromatic rings. The Morgan fingerprint density at radius 3 is 2.55 bits per heavy atom. The van der Waals surface area contributed by atoms with E-state index >= 15 is 0 Å². The van der Waals surface area contributed by atoms with Crippen molar-refractivity contribution in [1.29, 1.82) is 0 Å². The van der Waals surface area contributed by atoms with Crippen LogP contribution in [0, 0.1) is 11.7 Å². The van der Waals surface area contributed by atoms with Gasteiger partial charge in [0.2, 0.25) is 10.0 Å². The predicted octanol–water partition coefficient (Wildman–Crippen LogP) is 2.44. The van der Waals surface area contributed by atoms with Crippen molar-refractivity contribution in [3.05, 3.63) is 28.5 Å². The lowest BCUT2D eigenvalue weighted by Crippen LogP contribution is -2.45. The molecule has 1 aliphatic carbocycles. The van der Waals surface area contributed by atoms with Gasteiger partial charge in [-0.15, -0.1) is 0 Å². The van der Waals surface area contributed by atoms with E-state index in [9.17, 15) is 12.8 Å². The molecule has 1 aliphatic rings. The van der Waals surface area contributed by atoms with E-state index in [4.69, 9.17) is 16.7 Å². The number of halogens is 2. The number of rotatable bonds is 5. The van der Waals surface area contributed by atoms with Crippen LogP contribution in [0.15, 0.2) is 17.0 Å². The molecule has 0 aliphatic heterocycles. The third-order valence-corrected chi connectivity index (χ3v) is 5.63. The van der Waals surface area contributed by atoms with Gasteiger partial charge in [0.05, 0.1) is 16.5 Å². The molecule has 0 radical (unpaired) electrons. The molecule has 1 saturated carbocycles. The van der Waals surface area contributed by atoms with E-state index in [-0.39, 0.29) is 15.5 Å². The first-order valence-electron chi connectivity index (χ1n) is 6.30. The van der Waals surface area contributed by atoms with E-state index in [1.54, 1.807) is 13.8 Å². The maximum atomic E-state index is 13.6. The maximum Gasteiger partial charge on any atom is 0.241 e. The largest absolute Gasteiger partial charge is 0.392 e. The van der Waals surface area contributed by atoms with Crippen LogP contribution in [0.3, 0.4) is 0 Å². The standard InChI is InChI=1S/C13H17ClFNO3S/c1-13(2,9-3-4-9)16-20(18,19)10-5-8(7-17)12(14)11(15)6-10/h5-6,9,16-17H,3-4,7H2,1-2H3. The van der Waals surface area contributed by atoms with E-state index in [1.807, 2.05) is 0 Å². The quantitative estimate of drug-likeness (QED) is 0.875. The van der Waals surface area contributed by atoms with Crippen LogP contribution in [0.1, 0.15) is 32.3 Å². The second-order valence-corrected chi connectivity index (χ2v) is 7.70. The van der Waals surface area contributed by atoms with Crippen LogP contribution in [-0.4, -0.2) is 19.1 Å². The van der Waals surface area contributed by atoms with Gasteiger partial charge in [0.1, 0.15) is 5.82 Å². The summed E-state index contributed by atoms with van der Waals surface area (Å²) in [5, 5.41) is 8.84. The van der Waals surface area contributed by atoms with Crippen LogP contribution >= 0.6 is 11.6 Å². The van der Waals surface area contributed by atoms with Gasteiger partial charge < -0.3 is 5.11 Å². The number of hydrogen-bond donors (Lipinski definition) is 2. The van der Waals surface area contributed by atoms with Crippen LogP contribution in [-0.2, 0) is 16.6 Å². The second-order valence-electron chi connectivity index (χ2n) is 5.64. The fourth-order valence-electron chi connectivity index (χ4n) is 2.18. The smallest absolute Gasteiger partial charge is 0.241 e. The van der Waals surface area contributed by atoms with Crippen molar-refractivity contribution < 1.29 is 17.9 Å². The topological polar surface area (TPSA) is 66.4 Å². The van der Waals surface area contributed by atoms with E-state index < -0.39 is 28.0 Å². The van der Waals surface area contributed by atoms with E-state index in [2.05, 4.69) is 4.72 Å². The van der Waals surface area contributed by atoms with Gasteiger partial charge in [0.25, 0.3) is 0 Å². The highest BCUT2D eigenvalue weighted by atomic mass is 35.5. The SMILES string of the molecule is CC(C)(NS(=O)(=O)c1cc(F)c(Cl)c(CO)c1)C1CC1. The van der Waals surface area contributed by atoms with Crippen molar-refractivity contribution in [2.45, 2.75) is 43.7 Å². The molecule has 0 bridgehead atoms. The highest BCUT2D eigenvalue weighted by Gasteiger charge is 2.40. The Kier molecular flexibility index (Phi) is 4.12. The second kappa shape index (κ2) is 5.26. The predicted molar refractivity (Wildman–Crippen MR) is 74.5 cm³/mol. The van der Waals surface area contributed by atoms with Gasteiger partial charge in [-0.05, 0) is 44.7 Å². The molecule has 0 spiro atoms. The highest BCUT2D eigenvalue weighted by Crippen LogP contribution is 2.40. The zero-order chi connectivity index (χ0) is 15.1. The third kappa shape index (κ3) is 3.14. The minimum absolute atomic E-state index is 0.0521. The molecule has 1 fully saturated rings. The molecule has 2 rings (SSSR count). The first-order valence-corrected chi connectivity index (χ1v) is 8.16. The van der Waals surface area contributed by atoms with Crippen molar-refractivity contribution in [2.24, 2.45) is 5.92 Å². The van der Waals surface area contributed by atoms with Gasteiger partial charge in [-0.25, -0.2) is 17.5 Å². The van der Waals surface area contributed by atoms with E-state index in [0.717, 1.165) is 18.9 Å². The monoisotopic (exact) mass is 321 g/mol. The summed E-state index contributed by atoms with van der Waals surface area (Å²) in [6, 6.07) is 2.06. The minimum atomic E-state index is -3.85. The summed E-state index contributed by atoms with van der Waals surface area (Å²) in [4.78, 5) is -0.225. The van der Waals surface area contributed by atoms with Crippen LogP contribution in [0.25, 0.3) is 0 Å². The molecule has 0 heterocycles. The van der Waals surface area contributed by atoms with Gasteiger partial charge >= 0.3 is 0 Å². The van der Waals surface area contributed by atoms with E-state index in [0.29, 0.717) is 5.92 Å². The number of aliphatic hydroxyl groups is 1. The summed E-state index contributed by atoms with van der Waals surface area (Å²) in [7, 11) is -3.85. The van der Waals surface area contributed by atoms with Gasteiger partial charge in [0.15, 0.2) is 0 Å². The van der Waals surface area contributed by atoms with Crippen molar-refractivity contribution in [3.8, 4) is 0 Å². The van der Waals surface area contributed by atoms with Crippen molar-refractivity contribution in [2.75, 3.05) is 0 Å². The molecule has 7 heteroatoms. The molecule has 0 aromatic heterocycles. The summed E-state index contributed by atoms with van der Waals surface area (Å²) in [6.07, 6.45) is 1.96. The lowest BCUT2D eigenvalue weighted by molar-refractivity contribution is 0.281. The van der Waals surface area contributed by atoms with Crippen LogP contribution < -0.4 is 4.72 Å². The Bertz CT molecular complexity index is 627. The van der Waals surface area contributed by atoms with Crippen LogP contribution in [0.4, 0.5) is 4.39 Å². The average molecular weight is 322 g/mol. The Morgan fingerprint density at radius 1 is 1.45 bits per heavy atom. The Morgan fingerprint density at radius 2 is 2.05 bits per heavy atom. The van der Waals surface area contributed by atoms with Crippen molar-refractivity contribution >= 4 is 21.6 Å². The Balaban J connectivity index is 2.36. The zero-order valence-electron chi connectivity index (χ0n) is 11.3. The maximum absolute atomic E-state index is 13.6. The lowest BCUT2D eigenvalue weighted by Gasteiger charge is -2.26. The average Bonchev–Trinajstić information content (AvgIpc) is 3.15. The summed E-state index contributed by atoms with van der Waals surface area (Å²) < 4.78 is 40.8.